The van der Waals surface area contributed by atoms with Gasteiger partial charge in [0, 0.05) is 17.8 Å². The molecular weight excluding hydrogens is 241 g/mol. The van der Waals surface area contributed by atoms with Gasteiger partial charge in [0.25, 0.3) is 0 Å². The van der Waals surface area contributed by atoms with Crippen LogP contribution >= 0.6 is 0 Å². The Labute approximate surface area is 104 Å². The third-order valence-corrected chi connectivity index (χ3v) is 3.36. The van der Waals surface area contributed by atoms with E-state index in [1.54, 1.807) is 6.07 Å². The molecule has 2 rings (SSSR count). The molecule has 0 unspecified atom stereocenters. The zero-order chi connectivity index (χ0) is 13.2. The second-order valence-electron chi connectivity index (χ2n) is 4.78. The maximum Gasteiger partial charge on any atom is 0.416 e. The summed E-state index contributed by atoms with van der Waals surface area (Å²) in [5.74, 6) is 0. The summed E-state index contributed by atoms with van der Waals surface area (Å²) in [6, 6.07) is 5.37. The minimum Gasteiger partial charge on any atom is -0.381 e. The first-order valence-electron chi connectivity index (χ1n) is 6.16. The predicted molar refractivity (Wildman–Crippen MR) is 65.3 cm³/mol. The fourth-order valence-electron chi connectivity index (χ4n) is 2.34. The van der Waals surface area contributed by atoms with Crippen molar-refractivity contribution in [3.05, 3.63) is 29.8 Å². The van der Waals surface area contributed by atoms with Crippen molar-refractivity contribution in [2.75, 3.05) is 5.32 Å². The first-order valence-corrected chi connectivity index (χ1v) is 6.16. The molecule has 0 heterocycles. The van der Waals surface area contributed by atoms with Gasteiger partial charge in [0.1, 0.15) is 0 Å². The number of hydrogen-bond acceptors (Lipinski definition) is 2. The van der Waals surface area contributed by atoms with Crippen LogP contribution in [0.5, 0.6) is 0 Å². The van der Waals surface area contributed by atoms with Gasteiger partial charge >= 0.3 is 6.18 Å². The molecule has 1 aromatic rings. The lowest BCUT2D eigenvalue weighted by Crippen LogP contribution is -2.42. The fourth-order valence-corrected chi connectivity index (χ4v) is 2.34. The molecule has 100 valence electrons. The van der Waals surface area contributed by atoms with E-state index in [9.17, 15) is 13.2 Å². The molecule has 1 fully saturated rings. The largest absolute Gasteiger partial charge is 0.416 e. The van der Waals surface area contributed by atoms with Gasteiger partial charge in [-0.25, -0.2) is 0 Å². The molecule has 1 aromatic carbocycles. The normalized spacial score (nSPS) is 24.9. The summed E-state index contributed by atoms with van der Waals surface area (Å²) in [5, 5.41) is 3.12. The lowest BCUT2D eigenvalue weighted by Gasteiger charge is -2.30. The van der Waals surface area contributed by atoms with Gasteiger partial charge in [0.2, 0.25) is 0 Å². The van der Waals surface area contributed by atoms with E-state index in [0.717, 1.165) is 37.8 Å². The molecule has 0 saturated heterocycles. The van der Waals surface area contributed by atoms with Crippen molar-refractivity contribution < 1.29 is 13.2 Å². The van der Waals surface area contributed by atoms with Crippen molar-refractivity contribution in [3.63, 3.8) is 0 Å². The highest BCUT2D eigenvalue weighted by Gasteiger charge is 2.30. The Bertz CT molecular complexity index is 403. The van der Waals surface area contributed by atoms with Crippen LogP contribution in [0.25, 0.3) is 0 Å². The quantitative estimate of drug-likeness (QED) is 0.853. The lowest BCUT2D eigenvalue weighted by molar-refractivity contribution is -0.137. The van der Waals surface area contributed by atoms with Crippen LogP contribution in [0, 0.1) is 0 Å². The molecule has 0 aliphatic heterocycles. The van der Waals surface area contributed by atoms with Crippen molar-refractivity contribution in [3.8, 4) is 0 Å². The molecule has 18 heavy (non-hydrogen) atoms. The van der Waals surface area contributed by atoms with Gasteiger partial charge in [-0.2, -0.15) is 13.2 Å². The van der Waals surface area contributed by atoms with E-state index in [4.69, 9.17) is 5.73 Å². The van der Waals surface area contributed by atoms with Gasteiger partial charge in [-0.3, -0.25) is 0 Å². The molecule has 0 radical (unpaired) electrons. The zero-order valence-electron chi connectivity index (χ0n) is 10.0. The summed E-state index contributed by atoms with van der Waals surface area (Å²) in [4.78, 5) is 0. The molecule has 1 aliphatic carbocycles. The van der Waals surface area contributed by atoms with Crippen molar-refractivity contribution in [1.82, 2.24) is 0 Å². The SMILES string of the molecule is N[C@H]1CCCC[C@@H]1Nc1cccc(C(F)(F)F)c1. The first kappa shape index (κ1) is 13.2. The van der Waals surface area contributed by atoms with Crippen LogP contribution < -0.4 is 11.1 Å². The molecule has 5 heteroatoms. The van der Waals surface area contributed by atoms with E-state index < -0.39 is 11.7 Å². The molecule has 2 nitrogen and oxygen atoms in total. The van der Waals surface area contributed by atoms with Crippen LogP contribution in [-0.4, -0.2) is 12.1 Å². The number of anilines is 1. The molecule has 0 bridgehead atoms. The molecule has 2 atom stereocenters. The Hall–Kier alpha value is -1.23. The third kappa shape index (κ3) is 3.16. The third-order valence-electron chi connectivity index (χ3n) is 3.36. The number of halogens is 3. The van der Waals surface area contributed by atoms with Crippen LogP contribution in [0.15, 0.2) is 24.3 Å². The van der Waals surface area contributed by atoms with Crippen LogP contribution in [0.4, 0.5) is 18.9 Å². The maximum absolute atomic E-state index is 12.6. The summed E-state index contributed by atoms with van der Waals surface area (Å²) in [6.45, 7) is 0. The number of benzene rings is 1. The van der Waals surface area contributed by atoms with Crippen LogP contribution in [0.3, 0.4) is 0 Å². The van der Waals surface area contributed by atoms with Crippen molar-refractivity contribution >= 4 is 5.69 Å². The number of alkyl halides is 3. The van der Waals surface area contributed by atoms with E-state index in [0.29, 0.717) is 5.69 Å². The number of rotatable bonds is 2. The van der Waals surface area contributed by atoms with Gasteiger partial charge in [-0.05, 0) is 31.0 Å². The number of hydrogen-bond donors (Lipinski definition) is 2. The van der Waals surface area contributed by atoms with Gasteiger partial charge in [-0.15, -0.1) is 0 Å². The van der Waals surface area contributed by atoms with E-state index in [-0.39, 0.29) is 12.1 Å². The standard InChI is InChI=1S/C13H17F3N2/c14-13(15,16)9-4-3-5-10(8-9)18-12-7-2-1-6-11(12)17/h3-5,8,11-12,18H,1-2,6-7,17H2/t11-,12-/m0/s1. The van der Waals surface area contributed by atoms with Crippen LogP contribution in [0.1, 0.15) is 31.2 Å². The minimum atomic E-state index is -4.30. The van der Waals surface area contributed by atoms with E-state index in [2.05, 4.69) is 5.32 Å². The minimum absolute atomic E-state index is 0.0216. The van der Waals surface area contributed by atoms with Gasteiger partial charge < -0.3 is 11.1 Å². The molecular formula is C13H17F3N2. The van der Waals surface area contributed by atoms with E-state index in [1.807, 2.05) is 0 Å². The fraction of sp³-hybridized carbons (Fsp3) is 0.538. The van der Waals surface area contributed by atoms with Crippen LogP contribution in [-0.2, 0) is 6.18 Å². The van der Waals surface area contributed by atoms with Crippen LogP contribution in [0.2, 0.25) is 0 Å². The molecule has 3 N–H and O–H groups in total. The Morgan fingerprint density at radius 3 is 2.56 bits per heavy atom. The summed E-state index contributed by atoms with van der Waals surface area (Å²) < 4.78 is 37.7. The smallest absolute Gasteiger partial charge is 0.381 e. The highest BCUT2D eigenvalue weighted by Crippen LogP contribution is 2.31. The van der Waals surface area contributed by atoms with Gasteiger partial charge in [-0.1, -0.05) is 18.9 Å². The van der Waals surface area contributed by atoms with Gasteiger partial charge in [0.15, 0.2) is 0 Å². The molecule has 0 spiro atoms. The second-order valence-corrected chi connectivity index (χ2v) is 4.78. The molecule has 0 amide bonds. The maximum atomic E-state index is 12.6. The van der Waals surface area contributed by atoms with Gasteiger partial charge in [0.05, 0.1) is 5.56 Å². The summed E-state index contributed by atoms with van der Waals surface area (Å²) in [6.07, 6.45) is -0.285. The predicted octanol–water partition coefficient (Wildman–Crippen LogP) is 3.39. The average molecular weight is 258 g/mol. The summed E-state index contributed by atoms with van der Waals surface area (Å²) >= 11 is 0. The highest BCUT2D eigenvalue weighted by atomic mass is 19.4. The Balaban J connectivity index is 2.09. The van der Waals surface area contributed by atoms with Crippen molar-refractivity contribution in [1.29, 1.82) is 0 Å². The highest BCUT2D eigenvalue weighted by molar-refractivity contribution is 5.47. The number of nitrogens with two attached hydrogens (primary N) is 1. The monoisotopic (exact) mass is 258 g/mol. The Kier molecular flexibility index (Phi) is 3.80. The zero-order valence-corrected chi connectivity index (χ0v) is 10.0. The Morgan fingerprint density at radius 1 is 1.17 bits per heavy atom. The van der Waals surface area contributed by atoms with Crippen molar-refractivity contribution in [2.24, 2.45) is 5.73 Å². The summed E-state index contributed by atoms with van der Waals surface area (Å²) in [5.41, 5.74) is 5.83. The summed E-state index contributed by atoms with van der Waals surface area (Å²) in [7, 11) is 0. The first-order chi connectivity index (χ1) is 8.47. The molecule has 1 aliphatic rings. The second kappa shape index (κ2) is 5.18. The average Bonchev–Trinajstić information content (AvgIpc) is 2.31. The number of nitrogens with one attached hydrogen (secondary N) is 1. The lowest BCUT2D eigenvalue weighted by atomic mass is 9.91. The van der Waals surface area contributed by atoms with E-state index in [1.165, 1.54) is 6.07 Å². The molecule has 1 saturated carbocycles. The van der Waals surface area contributed by atoms with E-state index >= 15 is 0 Å². The Morgan fingerprint density at radius 2 is 1.89 bits per heavy atom. The molecule has 0 aromatic heterocycles. The topological polar surface area (TPSA) is 38.0 Å². The van der Waals surface area contributed by atoms with Crippen molar-refractivity contribution in [2.45, 2.75) is 43.9 Å².